The lowest BCUT2D eigenvalue weighted by molar-refractivity contribution is 0.0686. The first-order chi connectivity index (χ1) is 14.4. The fourth-order valence-corrected chi connectivity index (χ4v) is 3.51. The predicted octanol–water partition coefficient (Wildman–Crippen LogP) is 2.13. The number of fused-ring (bicyclic) bond motifs is 1. The van der Waals surface area contributed by atoms with E-state index in [2.05, 4.69) is 32.7 Å². The van der Waals surface area contributed by atoms with Crippen LogP contribution in [-0.4, -0.2) is 38.2 Å². The van der Waals surface area contributed by atoms with Crippen molar-refractivity contribution >= 4 is 17.7 Å². The Balaban J connectivity index is 1.49. The third-order valence-corrected chi connectivity index (χ3v) is 4.88. The lowest BCUT2D eigenvalue weighted by Crippen LogP contribution is -2.38. The van der Waals surface area contributed by atoms with E-state index in [0.29, 0.717) is 11.3 Å². The average Bonchev–Trinajstić information content (AvgIpc) is 3.11. The summed E-state index contributed by atoms with van der Waals surface area (Å²) < 4.78 is 0. The molecule has 1 aromatic heterocycles. The van der Waals surface area contributed by atoms with Crippen LogP contribution in [0.15, 0.2) is 53.3 Å². The number of amides is 2. The Morgan fingerprint density at radius 2 is 1.77 bits per heavy atom. The number of carboxylic acid groups (broad SMARTS) is 1. The molecule has 0 atom stereocenters. The van der Waals surface area contributed by atoms with E-state index >= 15 is 0 Å². The number of carbonyl (C=O) groups excluding carboxylic acids is 1. The number of hydrogen-bond acceptors (Lipinski definition) is 5. The minimum Gasteiger partial charge on any atom is -0.501 e. The number of hydrogen-bond donors (Lipinski definition) is 5. The largest absolute Gasteiger partial charge is 0.501 e. The highest BCUT2D eigenvalue weighted by molar-refractivity contribution is 5.91. The number of aromatic hydroxyl groups is 1. The molecule has 0 spiro atoms. The van der Waals surface area contributed by atoms with Crippen molar-refractivity contribution in [1.29, 1.82) is 0 Å². The van der Waals surface area contributed by atoms with Crippen molar-refractivity contribution in [3.8, 4) is 17.1 Å². The third-order valence-electron chi connectivity index (χ3n) is 4.88. The van der Waals surface area contributed by atoms with Crippen LogP contribution in [0.1, 0.15) is 21.6 Å². The predicted molar refractivity (Wildman–Crippen MR) is 109 cm³/mol. The van der Waals surface area contributed by atoms with E-state index in [1.807, 2.05) is 12.1 Å². The molecule has 152 valence electrons. The van der Waals surface area contributed by atoms with Crippen LogP contribution in [0.25, 0.3) is 11.4 Å². The number of nitrogens with one attached hydrogen (secondary N) is 3. The van der Waals surface area contributed by atoms with Crippen LogP contribution < -0.4 is 16.2 Å². The molecule has 1 aliphatic rings. The Kier molecular flexibility index (Phi) is 4.93. The maximum atomic E-state index is 12.4. The highest BCUT2D eigenvalue weighted by Crippen LogP contribution is 2.23. The lowest BCUT2D eigenvalue weighted by atomic mass is 10.1. The first-order valence-corrected chi connectivity index (χ1v) is 9.22. The quantitative estimate of drug-likeness (QED) is 0.449. The number of aromatic amines is 1. The normalized spacial score (nSPS) is 12.9. The third kappa shape index (κ3) is 3.86. The fraction of sp³-hybridized carbons (Fsp3) is 0.143. The standard InChI is InChI=1S/C21H18N4O5/c26-17-16(20(28)29)24-18(25-19(17)27)13-6-3-7-14(10-13)22-21(30)23-15-8-11-4-1-2-5-12(11)9-15/h1-7,10,15,26H,8-9H2,(H,28,29)(H2,22,23,30)(H,24,25,27). The molecule has 0 saturated carbocycles. The maximum Gasteiger partial charge on any atom is 0.358 e. The van der Waals surface area contributed by atoms with Crippen LogP contribution in [0.3, 0.4) is 0 Å². The van der Waals surface area contributed by atoms with Gasteiger partial charge in [0, 0.05) is 17.3 Å². The van der Waals surface area contributed by atoms with Crippen LogP contribution in [0.5, 0.6) is 5.75 Å². The summed E-state index contributed by atoms with van der Waals surface area (Å²) in [6.07, 6.45) is 1.53. The average molecular weight is 406 g/mol. The van der Waals surface area contributed by atoms with Gasteiger partial charge in [0.15, 0.2) is 5.69 Å². The van der Waals surface area contributed by atoms with E-state index in [0.717, 1.165) is 12.8 Å². The second-order valence-electron chi connectivity index (χ2n) is 6.97. The molecule has 1 heterocycles. The van der Waals surface area contributed by atoms with Gasteiger partial charge in [-0.05, 0) is 36.1 Å². The van der Waals surface area contributed by atoms with Crippen molar-refractivity contribution in [2.45, 2.75) is 18.9 Å². The summed E-state index contributed by atoms with van der Waals surface area (Å²) in [4.78, 5) is 41.5. The van der Waals surface area contributed by atoms with Gasteiger partial charge in [0.25, 0.3) is 5.56 Å². The number of carboxylic acids is 1. The van der Waals surface area contributed by atoms with Crippen molar-refractivity contribution < 1.29 is 19.8 Å². The Bertz CT molecular complexity index is 1180. The molecule has 30 heavy (non-hydrogen) atoms. The number of rotatable bonds is 4. The van der Waals surface area contributed by atoms with Gasteiger partial charge in [0.2, 0.25) is 5.75 Å². The smallest absolute Gasteiger partial charge is 0.358 e. The topological polar surface area (TPSA) is 144 Å². The van der Waals surface area contributed by atoms with Gasteiger partial charge in [-0.1, -0.05) is 36.4 Å². The van der Waals surface area contributed by atoms with E-state index in [-0.39, 0.29) is 17.9 Å². The Hall–Kier alpha value is -4.14. The zero-order chi connectivity index (χ0) is 21.3. The highest BCUT2D eigenvalue weighted by atomic mass is 16.4. The van der Waals surface area contributed by atoms with E-state index in [9.17, 15) is 19.5 Å². The van der Waals surface area contributed by atoms with Gasteiger partial charge in [-0.3, -0.25) is 4.79 Å². The zero-order valence-corrected chi connectivity index (χ0v) is 15.7. The van der Waals surface area contributed by atoms with Gasteiger partial charge in [-0.25, -0.2) is 14.6 Å². The maximum absolute atomic E-state index is 12.4. The van der Waals surface area contributed by atoms with Gasteiger partial charge < -0.3 is 25.8 Å². The molecule has 0 aliphatic heterocycles. The molecule has 5 N–H and O–H groups in total. The van der Waals surface area contributed by atoms with Crippen molar-refractivity contribution in [2.24, 2.45) is 0 Å². The number of carbonyl (C=O) groups is 2. The Morgan fingerprint density at radius 3 is 2.43 bits per heavy atom. The summed E-state index contributed by atoms with van der Waals surface area (Å²) in [5, 5.41) is 24.3. The van der Waals surface area contributed by atoms with Crippen LogP contribution in [0, 0.1) is 0 Å². The summed E-state index contributed by atoms with van der Waals surface area (Å²) in [5.74, 6) is -2.52. The van der Waals surface area contributed by atoms with Gasteiger partial charge in [0.05, 0.1) is 0 Å². The van der Waals surface area contributed by atoms with Crippen LogP contribution in [0.4, 0.5) is 10.5 Å². The monoisotopic (exact) mass is 406 g/mol. The molecule has 1 aliphatic carbocycles. The van der Waals surface area contributed by atoms with Gasteiger partial charge >= 0.3 is 12.0 Å². The van der Waals surface area contributed by atoms with Crippen LogP contribution in [0.2, 0.25) is 0 Å². The number of urea groups is 1. The molecular weight excluding hydrogens is 388 g/mol. The first-order valence-electron chi connectivity index (χ1n) is 9.22. The zero-order valence-electron chi connectivity index (χ0n) is 15.7. The van der Waals surface area contributed by atoms with E-state index in [4.69, 9.17) is 5.11 Å². The van der Waals surface area contributed by atoms with Gasteiger partial charge in [0.1, 0.15) is 5.82 Å². The minimum absolute atomic E-state index is 0.00109. The lowest BCUT2D eigenvalue weighted by Gasteiger charge is -2.13. The summed E-state index contributed by atoms with van der Waals surface area (Å²) in [7, 11) is 0. The van der Waals surface area contributed by atoms with Crippen molar-refractivity contribution in [1.82, 2.24) is 15.3 Å². The molecule has 0 radical (unpaired) electrons. The number of nitrogens with zero attached hydrogens (tertiary/aromatic N) is 1. The Labute approximate surface area is 170 Å². The Morgan fingerprint density at radius 1 is 1.07 bits per heavy atom. The highest BCUT2D eigenvalue weighted by Gasteiger charge is 2.22. The molecule has 3 aromatic rings. The number of aromatic carboxylic acids is 1. The summed E-state index contributed by atoms with van der Waals surface area (Å²) >= 11 is 0. The molecule has 2 aromatic carbocycles. The van der Waals surface area contributed by atoms with Crippen molar-refractivity contribution in [2.75, 3.05) is 5.32 Å². The molecular formula is C21H18N4O5. The molecule has 0 unspecified atom stereocenters. The van der Waals surface area contributed by atoms with E-state index in [1.165, 1.54) is 11.1 Å². The van der Waals surface area contributed by atoms with Crippen LogP contribution >= 0.6 is 0 Å². The summed E-state index contributed by atoms with van der Waals surface area (Å²) in [6.45, 7) is 0. The molecule has 2 amide bonds. The van der Waals surface area contributed by atoms with Crippen molar-refractivity contribution in [3.63, 3.8) is 0 Å². The molecule has 9 nitrogen and oxygen atoms in total. The first kappa shape index (κ1) is 19.2. The number of anilines is 1. The van der Waals surface area contributed by atoms with Crippen molar-refractivity contribution in [3.05, 3.63) is 75.7 Å². The fourth-order valence-electron chi connectivity index (χ4n) is 3.51. The number of benzene rings is 2. The summed E-state index contributed by atoms with van der Waals surface area (Å²) in [6, 6.07) is 14.1. The van der Waals surface area contributed by atoms with Crippen LogP contribution in [-0.2, 0) is 12.8 Å². The van der Waals surface area contributed by atoms with Gasteiger partial charge in [-0.15, -0.1) is 0 Å². The second-order valence-corrected chi connectivity index (χ2v) is 6.97. The summed E-state index contributed by atoms with van der Waals surface area (Å²) in [5.41, 5.74) is 1.55. The van der Waals surface area contributed by atoms with E-state index < -0.39 is 23.0 Å². The number of aromatic nitrogens is 2. The molecule has 4 rings (SSSR count). The molecule has 9 heteroatoms. The minimum atomic E-state index is -1.52. The van der Waals surface area contributed by atoms with E-state index in [1.54, 1.807) is 24.3 Å². The molecule has 0 saturated heterocycles. The molecule has 0 fully saturated rings. The number of H-pyrrole nitrogens is 1. The second kappa shape index (κ2) is 7.70. The molecule has 0 bridgehead atoms. The SMILES string of the molecule is O=C(Nc1cccc(-c2nc(C(=O)O)c(O)c(=O)[nH]2)c1)NC1Cc2ccccc2C1. The van der Waals surface area contributed by atoms with Gasteiger partial charge in [-0.2, -0.15) is 0 Å².